The topological polar surface area (TPSA) is 22.3 Å². The summed E-state index contributed by atoms with van der Waals surface area (Å²) in [4.78, 5) is 8.57. The molecule has 1 atom stereocenters. The van der Waals surface area contributed by atoms with Crippen molar-refractivity contribution in [3.63, 3.8) is 0 Å². The summed E-state index contributed by atoms with van der Waals surface area (Å²) in [5, 5.41) is 1.37. The summed E-state index contributed by atoms with van der Waals surface area (Å²) in [6, 6.07) is 19.8. The Hall–Kier alpha value is -2.10. The molecule has 3 aromatic rings. The lowest BCUT2D eigenvalue weighted by Crippen LogP contribution is -2.38. The van der Waals surface area contributed by atoms with Crippen LogP contribution in [-0.4, -0.2) is 35.4 Å². The van der Waals surface area contributed by atoms with Crippen LogP contribution in [0.15, 0.2) is 54.6 Å². The number of benzene rings is 2. The van der Waals surface area contributed by atoms with Gasteiger partial charge in [-0.1, -0.05) is 48.5 Å². The zero-order valence-electron chi connectivity index (χ0n) is 13.8. The van der Waals surface area contributed by atoms with E-state index < -0.39 is 0 Å². The molecule has 0 radical (unpaired) electrons. The van der Waals surface area contributed by atoms with Gasteiger partial charge >= 0.3 is 0 Å². The van der Waals surface area contributed by atoms with Gasteiger partial charge in [0.1, 0.15) is 0 Å². The van der Waals surface area contributed by atoms with Crippen molar-refractivity contribution in [2.45, 2.75) is 19.1 Å². The molecule has 2 aromatic carbocycles. The second kappa shape index (κ2) is 5.84. The van der Waals surface area contributed by atoms with Gasteiger partial charge in [-0.15, -0.1) is 0 Å². The first-order valence-electron chi connectivity index (χ1n) is 8.24. The minimum absolute atomic E-state index is 0.399. The Morgan fingerprint density at radius 3 is 2.65 bits per heavy atom. The van der Waals surface area contributed by atoms with E-state index >= 15 is 0 Å². The number of para-hydroxylation sites is 1. The van der Waals surface area contributed by atoms with Crippen molar-refractivity contribution in [1.29, 1.82) is 0 Å². The highest BCUT2D eigenvalue weighted by Gasteiger charge is 2.29. The quantitative estimate of drug-likeness (QED) is 0.795. The van der Waals surface area contributed by atoms with Gasteiger partial charge in [-0.25, -0.2) is 0 Å². The van der Waals surface area contributed by atoms with E-state index in [0.29, 0.717) is 6.04 Å². The van der Waals surface area contributed by atoms with Gasteiger partial charge in [-0.05, 0) is 31.3 Å². The molecule has 0 bridgehead atoms. The smallest absolute Gasteiger partial charge is 0.0631 e. The fourth-order valence-electron chi connectivity index (χ4n) is 3.74. The van der Waals surface area contributed by atoms with E-state index in [4.69, 9.17) is 0 Å². The summed E-state index contributed by atoms with van der Waals surface area (Å²) < 4.78 is 0. The molecule has 23 heavy (non-hydrogen) atoms. The number of nitrogens with one attached hydrogen (secondary N) is 1. The highest BCUT2D eigenvalue weighted by molar-refractivity contribution is 5.85. The number of fused-ring (bicyclic) bond motifs is 3. The van der Waals surface area contributed by atoms with Gasteiger partial charge in [-0.2, -0.15) is 0 Å². The van der Waals surface area contributed by atoms with Crippen LogP contribution in [0.25, 0.3) is 10.9 Å². The molecule has 1 aromatic heterocycles. The van der Waals surface area contributed by atoms with E-state index in [9.17, 15) is 0 Å². The van der Waals surface area contributed by atoms with Crippen LogP contribution in [0.3, 0.4) is 0 Å². The summed E-state index contributed by atoms with van der Waals surface area (Å²) in [6.45, 7) is 3.05. The molecule has 1 aliphatic heterocycles. The minimum Gasteiger partial charge on any atom is -0.357 e. The Labute approximate surface area is 137 Å². The fraction of sp³-hybridized carbons (Fsp3) is 0.300. The highest BCUT2D eigenvalue weighted by Crippen LogP contribution is 2.34. The summed E-state index contributed by atoms with van der Waals surface area (Å²) in [6.07, 6.45) is 0. The lowest BCUT2D eigenvalue weighted by Gasteiger charge is -2.36. The number of likely N-dealkylation sites (N-methyl/N-ethyl adjacent to an activating group) is 2. The average molecular weight is 305 g/mol. The van der Waals surface area contributed by atoms with Crippen LogP contribution in [0, 0.1) is 0 Å². The Bertz CT molecular complexity index is 806. The Morgan fingerprint density at radius 1 is 1.09 bits per heavy atom. The molecule has 0 saturated carbocycles. The maximum Gasteiger partial charge on any atom is 0.0631 e. The monoisotopic (exact) mass is 305 g/mol. The van der Waals surface area contributed by atoms with Crippen LogP contribution in [0.2, 0.25) is 0 Å². The highest BCUT2D eigenvalue weighted by atomic mass is 15.2. The van der Waals surface area contributed by atoms with E-state index in [-0.39, 0.29) is 0 Å². The van der Waals surface area contributed by atoms with Crippen molar-refractivity contribution in [3.05, 3.63) is 71.4 Å². The first-order chi connectivity index (χ1) is 11.2. The number of aromatic nitrogens is 1. The molecular formula is C20H23N3. The third kappa shape index (κ3) is 2.67. The minimum atomic E-state index is 0.399. The Morgan fingerprint density at radius 2 is 1.83 bits per heavy atom. The average Bonchev–Trinajstić information content (AvgIpc) is 2.93. The van der Waals surface area contributed by atoms with Gasteiger partial charge in [0.05, 0.1) is 6.04 Å². The number of hydrogen-bond acceptors (Lipinski definition) is 2. The van der Waals surface area contributed by atoms with Gasteiger partial charge in [0, 0.05) is 36.2 Å². The maximum atomic E-state index is 3.69. The molecule has 2 heterocycles. The van der Waals surface area contributed by atoms with Crippen LogP contribution >= 0.6 is 0 Å². The first kappa shape index (κ1) is 14.5. The third-order valence-electron chi connectivity index (χ3n) is 4.90. The second-order valence-electron chi connectivity index (χ2n) is 6.68. The SMILES string of the molecule is CN1Cc2c([nH]c3ccccc23)C(N(C)Cc2ccccc2)C1. The van der Waals surface area contributed by atoms with Gasteiger partial charge < -0.3 is 9.88 Å². The van der Waals surface area contributed by atoms with Crippen molar-refractivity contribution in [3.8, 4) is 0 Å². The van der Waals surface area contributed by atoms with Crippen molar-refractivity contribution < 1.29 is 0 Å². The van der Waals surface area contributed by atoms with E-state index in [1.165, 1.54) is 27.7 Å². The standard InChI is InChI=1S/C20H23N3/c1-22-13-17-16-10-6-7-11-18(16)21-20(17)19(14-22)23(2)12-15-8-4-3-5-9-15/h3-11,19,21H,12-14H2,1-2H3. The van der Waals surface area contributed by atoms with Crippen LogP contribution in [-0.2, 0) is 13.1 Å². The first-order valence-corrected chi connectivity index (χ1v) is 8.24. The van der Waals surface area contributed by atoms with Crippen molar-refractivity contribution in [1.82, 2.24) is 14.8 Å². The number of aromatic amines is 1. The summed E-state index contributed by atoms with van der Waals surface area (Å²) in [5.41, 5.74) is 5.47. The van der Waals surface area contributed by atoms with Crippen LogP contribution in [0.1, 0.15) is 22.9 Å². The Balaban J connectivity index is 1.70. The molecule has 0 fully saturated rings. The van der Waals surface area contributed by atoms with Crippen LogP contribution in [0.4, 0.5) is 0 Å². The van der Waals surface area contributed by atoms with Gasteiger partial charge in [-0.3, -0.25) is 4.90 Å². The predicted molar refractivity (Wildman–Crippen MR) is 95.3 cm³/mol. The number of H-pyrrole nitrogens is 1. The molecule has 0 spiro atoms. The summed E-state index contributed by atoms with van der Waals surface area (Å²) in [7, 11) is 4.44. The van der Waals surface area contributed by atoms with Gasteiger partial charge in [0.15, 0.2) is 0 Å². The summed E-state index contributed by atoms with van der Waals surface area (Å²) in [5.74, 6) is 0. The molecule has 3 nitrogen and oxygen atoms in total. The van der Waals surface area contributed by atoms with E-state index in [2.05, 4.69) is 83.5 Å². The maximum absolute atomic E-state index is 3.69. The van der Waals surface area contributed by atoms with Gasteiger partial charge in [0.25, 0.3) is 0 Å². The summed E-state index contributed by atoms with van der Waals surface area (Å²) >= 11 is 0. The zero-order chi connectivity index (χ0) is 15.8. The number of nitrogens with zero attached hydrogens (tertiary/aromatic N) is 2. The molecule has 1 unspecified atom stereocenters. The van der Waals surface area contributed by atoms with E-state index in [0.717, 1.165) is 19.6 Å². The fourth-order valence-corrected chi connectivity index (χ4v) is 3.74. The predicted octanol–water partition coefficient (Wildman–Crippen LogP) is 3.79. The van der Waals surface area contributed by atoms with Crippen molar-refractivity contribution >= 4 is 10.9 Å². The second-order valence-corrected chi connectivity index (χ2v) is 6.68. The lowest BCUT2D eigenvalue weighted by atomic mass is 9.99. The third-order valence-corrected chi connectivity index (χ3v) is 4.90. The lowest BCUT2D eigenvalue weighted by molar-refractivity contribution is 0.152. The van der Waals surface area contributed by atoms with E-state index in [1.54, 1.807) is 0 Å². The number of hydrogen-bond donors (Lipinski definition) is 1. The van der Waals surface area contributed by atoms with E-state index in [1.807, 2.05) is 0 Å². The molecular weight excluding hydrogens is 282 g/mol. The molecule has 4 rings (SSSR count). The Kier molecular flexibility index (Phi) is 3.68. The largest absolute Gasteiger partial charge is 0.357 e. The molecule has 0 saturated heterocycles. The van der Waals surface area contributed by atoms with Crippen molar-refractivity contribution in [2.24, 2.45) is 0 Å². The normalized spacial score (nSPS) is 18.5. The van der Waals surface area contributed by atoms with Crippen LogP contribution in [0.5, 0.6) is 0 Å². The molecule has 0 aliphatic carbocycles. The zero-order valence-corrected chi connectivity index (χ0v) is 13.8. The molecule has 0 amide bonds. The van der Waals surface area contributed by atoms with Crippen molar-refractivity contribution in [2.75, 3.05) is 20.6 Å². The molecule has 1 aliphatic rings. The van der Waals surface area contributed by atoms with Crippen LogP contribution < -0.4 is 0 Å². The molecule has 3 heteroatoms. The molecule has 118 valence electrons. The molecule has 1 N–H and O–H groups in total. The number of rotatable bonds is 3. The van der Waals surface area contributed by atoms with Gasteiger partial charge in [0.2, 0.25) is 0 Å².